The maximum Gasteiger partial charge on any atom is 0.267 e. The Morgan fingerprint density at radius 1 is 1.48 bits per heavy atom. The minimum atomic E-state index is -0.257. The number of rotatable bonds is 2. The van der Waals surface area contributed by atoms with Crippen molar-refractivity contribution in [3.05, 3.63) is 44.4 Å². The number of amides is 1. The van der Waals surface area contributed by atoms with Crippen molar-refractivity contribution >= 4 is 34.5 Å². The molecule has 2 aromatic rings. The number of anilines is 1. The van der Waals surface area contributed by atoms with Crippen molar-refractivity contribution in [2.75, 3.05) is 11.9 Å². The molecule has 0 spiro atoms. The number of nitrogens with zero attached hydrogens (tertiary/aromatic N) is 1. The molecule has 0 fully saturated rings. The number of carbonyl (C=O) groups is 1. The van der Waals surface area contributed by atoms with Crippen molar-refractivity contribution in [3.8, 4) is 11.8 Å². The number of aliphatic hydroxyl groups is 1. The fourth-order valence-electron chi connectivity index (χ4n) is 1.78. The predicted octanol–water partition coefficient (Wildman–Crippen LogP) is 3.01. The molecule has 21 heavy (non-hydrogen) atoms. The second kappa shape index (κ2) is 6.72. The second-order valence-corrected chi connectivity index (χ2v) is 5.89. The molecule has 1 aromatic carbocycles. The van der Waals surface area contributed by atoms with Gasteiger partial charge in [0, 0.05) is 10.6 Å². The van der Waals surface area contributed by atoms with Crippen molar-refractivity contribution < 1.29 is 9.90 Å². The third kappa shape index (κ3) is 3.82. The highest BCUT2D eigenvalue weighted by Crippen LogP contribution is 2.23. The number of hydrogen-bond acceptors (Lipinski definition) is 4. The van der Waals surface area contributed by atoms with Gasteiger partial charge in [-0.1, -0.05) is 23.4 Å². The molecule has 0 atom stereocenters. The maximum absolute atomic E-state index is 12.3. The first kappa shape index (κ1) is 15.5. The van der Waals surface area contributed by atoms with Gasteiger partial charge < -0.3 is 10.4 Å². The van der Waals surface area contributed by atoms with E-state index < -0.39 is 0 Å². The zero-order chi connectivity index (χ0) is 15.4. The average Bonchev–Trinajstić information content (AvgIpc) is 2.78. The number of aliphatic hydroxyl groups excluding tert-OH is 1. The largest absolute Gasteiger partial charge is 0.384 e. The highest BCUT2D eigenvalue weighted by Gasteiger charge is 2.15. The van der Waals surface area contributed by atoms with Crippen molar-refractivity contribution in [2.45, 2.75) is 13.8 Å². The van der Waals surface area contributed by atoms with Crippen molar-refractivity contribution in [2.24, 2.45) is 0 Å². The molecular weight excluding hydrogens is 308 g/mol. The number of thiazole rings is 1. The lowest BCUT2D eigenvalue weighted by atomic mass is 10.1. The highest BCUT2D eigenvalue weighted by molar-refractivity contribution is 7.13. The molecule has 2 N–H and O–H groups in total. The van der Waals surface area contributed by atoms with Crippen molar-refractivity contribution in [1.29, 1.82) is 0 Å². The second-order valence-electron chi connectivity index (χ2n) is 4.25. The fourth-order valence-corrected chi connectivity index (χ4v) is 2.77. The van der Waals surface area contributed by atoms with Crippen LogP contribution in [-0.4, -0.2) is 22.6 Å². The lowest BCUT2D eigenvalue weighted by molar-refractivity contribution is 0.103. The average molecular weight is 321 g/mol. The minimum absolute atomic E-state index is 0.229. The summed E-state index contributed by atoms with van der Waals surface area (Å²) < 4.78 is 0. The van der Waals surface area contributed by atoms with E-state index in [9.17, 15) is 4.79 Å². The quantitative estimate of drug-likeness (QED) is 0.836. The molecule has 0 aliphatic heterocycles. The van der Waals surface area contributed by atoms with E-state index in [2.05, 4.69) is 22.1 Å². The van der Waals surface area contributed by atoms with Gasteiger partial charge in [-0.25, -0.2) is 4.98 Å². The van der Waals surface area contributed by atoms with Crippen LogP contribution in [0.2, 0.25) is 5.02 Å². The normalized spacial score (nSPS) is 9.90. The smallest absolute Gasteiger partial charge is 0.267 e. The Morgan fingerprint density at radius 2 is 2.24 bits per heavy atom. The van der Waals surface area contributed by atoms with Crippen LogP contribution in [0, 0.1) is 25.7 Å². The van der Waals surface area contributed by atoms with Crippen LogP contribution in [0.25, 0.3) is 0 Å². The molecule has 0 unspecified atom stereocenters. The summed E-state index contributed by atoms with van der Waals surface area (Å²) in [4.78, 5) is 17.1. The first-order valence-electron chi connectivity index (χ1n) is 6.16. The van der Waals surface area contributed by atoms with Gasteiger partial charge in [0.2, 0.25) is 0 Å². The number of halogens is 1. The number of aromatic nitrogens is 1. The lowest BCUT2D eigenvalue weighted by Gasteiger charge is -2.07. The Bertz CT molecular complexity index is 744. The van der Waals surface area contributed by atoms with Crippen molar-refractivity contribution in [3.63, 3.8) is 0 Å². The molecule has 1 aromatic heterocycles. The summed E-state index contributed by atoms with van der Waals surface area (Å²) in [6.45, 7) is 3.40. The molecular formula is C15H13ClN2O2S. The number of aryl methyl sites for hydroxylation is 2. The van der Waals surface area contributed by atoms with Gasteiger partial charge in [-0.2, -0.15) is 0 Å². The molecule has 2 rings (SSSR count). The fraction of sp³-hybridized carbons (Fsp3) is 0.200. The summed E-state index contributed by atoms with van der Waals surface area (Å²) in [6.07, 6.45) is 0. The van der Waals surface area contributed by atoms with E-state index in [0.717, 1.165) is 5.01 Å². The Hall–Kier alpha value is -1.87. The van der Waals surface area contributed by atoms with E-state index in [4.69, 9.17) is 16.7 Å². The molecule has 4 nitrogen and oxygen atoms in total. The van der Waals surface area contributed by atoms with Crippen LogP contribution >= 0.6 is 22.9 Å². The van der Waals surface area contributed by atoms with E-state index in [1.807, 2.05) is 6.92 Å². The zero-order valence-corrected chi connectivity index (χ0v) is 13.1. The zero-order valence-electron chi connectivity index (χ0n) is 11.5. The number of carbonyl (C=O) groups excluding carboxylic acids is 1. The Morgan fingerprint density at radius 3 is 2.86 bits per heavy atom. The maximum atomic E-state index is 12.3. The topological polar surface area (TPSA) is 62.2 Å². The number of benzene rings is 1. The van der Waals surface area contributed by atoms with Crippen LogP contribution < -0.4 is 5.32 Å². The summed E-state index contributed by atoms with van der Waals surface area (Å²) >= 11 is 7.27. The molecule has 0 radical (unpaired) electrons. The van der Waals surface area contributed by atoms with Gasteiger partial charge in [-0.15, -0.1) is 11.3 Å². The number of hydrogen-bond donors (Lipinski definition) is 2. The van der Waals surface area contributed by atoms with Gasteiger partial charge in [0.15, 0.2) is 0 Å². The molecule has 0 aliphatic rings. The summed E-state index contributed by atoms with van der Waals surface area (Å²) in [5.74, 6) is 5.09. The molecule has 0 saturated carbocycles. The Balaban J connectivity index is 2.31. The molecule has 108 valence electrons. The van der Waals surface area contributed by atoms with Gasteiger partial charge in [0.1, 0.15) is 11.5 Å². The first-order chi connectivity index (χ1) is 10.0. The minimum Gasteiger partial charge on any atom is -0.384 e. The van der Waals surface area contributed by atoms with Crippen LogP contribution in [0.5, 0.6) is 0 Å². The molecule has 0 saturated heterocycles. The summed E-state index contributed by atoms with van der Waals surface area (Å²) in [5.41, 5.74) is 1.81. The van der Waals surface area contributed by atoms with Crippen LogP contribution in [0.15, 0.2) is 18.2 Å². The van der Waals surface area contributed by atoms with Crippen LogP contribution in [-0.2, 0) is 0 Å². The first-order valence-corrected chi connectivity index (χ1v) is 7.35. The third-order valence-corrected chi connectivity index (χ3v) is 3.95. The van der Waals surface area contributed by atoms with Crippen LogP contribution in [0.3, 0.4) is 0 Å². The molecule has 0 aliphatic carbocycles. The van der Waals surface area contributed by atoms with Gasteiger partial charge in [-0.3, -0.25) is 4.79 Å². The van der Waals surface area contributed by atoms with Crippen LogP contribution in [0.4, 0.5) is 5.69 Å². The van der Waals surface area contributed by atoms with Crippen molar-refractivity contribution in [1.82, 2.24) is 4.98 Å². The summed E-state index contributed by atoms with van der Waals surface area (Å²) in [6, 6.07) is 5.00. The van der Waals surface area contributed by atoms with Gasteiger partial charge >= 0.3 is 0 Å². The summed E-state index contributed by atoms with van der Waals surface area (Å²) in [7, 11) is 0. The van der Waals surface area contributed by atoms with E-state index >= 15 is 0 Å². The van der Waals surface area contributed by atoms with Gasteiger partial charge in [0.25, 0.3) is 5.91 Å². The summed E-state index contributed by atoms with van der Waals surface area (Å²) in [5, 5.41) is 12.9. The number of nitrogens with one attached hydrogen (secondary N) is 1. The van der Waals surface area contributed by atoms with E-state index in [0.29, 0.717) is 26.8 Å². The SMILES string of the molecule is Cc1nc(C)c(C(=O)Nc2ccc(Cl)cc2C#CCO)s1. The lowest BCUT2D eigenvalue weighted by Crippen LogP contribution is -2.12. The third-order valence-electron chi connectivity index (χ3n) is 2.64. The van der Waals surface area contributed by atoms with E-state index in [1.165, 1.54) is 11.3 Å². The highest BCUT2D eigenvalue weighted by atomic mass is 35.5. The van der Waals surface area contributed by atoms with E-state index in [1.54, 1.807) is 25.1 Å². The Kier molecular flexibility index (Phi) is 4.97. The Labute approximate surface area is 131 Å². The monoisotopic (exact) mass is 320 g/mol. The molecule has 1 amide bonds. The van der Waals surface area contributed by atoms with Crippen LogP contribution in [0.1, 0.15) is 25.9 Å². The molecule has 0 bridgehead atoms. The van der Waals surface area contributed by atoms with E-state index in [-0.39, 0.29) is 12.5 Å². The van der Waals surface area contributed by atoms with Gasteiger partial charge in [-0.05, 0) is 32.0 Å². The van der Waals surface area contributed by atoms with Gasteiger partial charge in [0.05, 0.1) is 16.4 Å². The predicted molar refractivity (Wildman–Crippen MR) is 85.0 cm³/mol. The molecule has 1 heterocycles. The standard InChI is InChI=1S/C15H13ClN2O2S/c1-9-14(21-10(2)17-9)15(20)18-13-6-5-12(16)8-11(13)4-3-7-19/h5-6,8,19H,7H2,1-2H3,(H,18,20). The molecule has 6 heteroatoms.